The van der Waals surface area contributed by atoms with Crippen molar-refractivity contribution in [3.8, 4) is 0 Å². The van der Waals surface area contributed by atoms with Crippen LogP contribution in [0, 0.1) is 0 Å². The van der Waals surface area contributed by atoms with Gasteiger partial charge in [-0.2, -0.15) is 0 Å². The Hall–Kier alpha value is -0.500. The summed E-state index contributed by atoms with van der Waals surface area (Å²) in [6, 6.07) is 7.36. The summed E-state index contributed by atoms with van der Waals surface area (Å²) in [5.74, 6) is -0.756. The lowest BCUT2D eigenvalue weighted by Crippen LogP contribution is -2.26. The van der Waals surface area contributed by atoms with E-state index in [0.717, 1.165) is 5.56 Å². The Balaban J connectivity index is 2.21. The van der Waals surface area contributed by atoms with Gasteiger partial charge in [-0.1, -0.05) is 29.8 Å². The Morgan fingerprint density at radius 2 is 2.11 bits per heavy atom. The van der Waals surface area contributed by atoms with Crippen LogP contribution in [-0.2, 0) is 24.9 Å². The van der Waals surface area contributed by atoms with Gasteiger partial charge in [0.15, 0.2) is 5.79 Å². The van der Waals surface area contributed by atoms with Gasteiger partial charge in [-0.15, -0.1) is 0 Å². The highest BCUT2D eigenvalue weighted by Gasteiger charge is 2.43. The highest BCUT2D eigenvalue weighted by molar-refractivity contribution is 7.77. The molecule has 1 saturated heterocycles. The second-order valence-electron chi connectivity index (χ2n) is 4.66. The van der Waals surface area contributed by atoms with E-state index >= 15 is 0 Å². The molecule has 1 aromatic rings. The van der Waals surface area contributed by atoms with Crippen LogP contribution in [0.15, 0.2) is 24.3 Å². The third-order valence-corrected chi connectivity index (χ3v) is 3.46. The molecule has 19 heavy (non-hydrogen) atoms. The molecule has 106 valence electrons. The molecule has 7 heteroatoms. The molecule has 0 spiro atoms. The summed E-state index contributed by atoms with van der Waals surface area (Å²) >= 11 is 4.33. The van der Waals surface area contributed by atoms with Gasteiger partial charge in [-0.25, -0.2) is 9.35 Å². The number of halogens is 1. The predicted octanol–water partition coefficient (Wildman–Crippen LogP) is 2.09. The molecule has 2 rings (SSSR count). The Labute approximate surface area is 119 Å². The zero-order valence-corrected chi connectivity index (χ0v) is 12.2. The SMILES string of the molecule is CC1(C)OC(COS(N)=O)C(c2ccccc2Cl)O1. The largest absolute Gasteiger partial charge is 0.342 e. The molecule has 0 radical (unpaired) electrons. The van der Waals surface area contributed by atoms with Gasteiger partial charge in [0, 0.05) is 10.6 Å². The van der Waals surface area contributed by atoms with Crippen molar-refractivity contribution in [3.05, 3.63) is 34.9 Å². The minimum absolute atomic E-state index is 0.0719. The minimum atomic E-state index is -1.83. The van der Waals surface area contributed by atoms with Crippen molar-refractivity contribution >= 4 is 22.9 Å². The molecule has 1 aromatic carbocycles. The van der Waals surface area contributed by atoms with Crippen LogP contribution in [0.25, 0.3) is 0 Å². The van der Waals surface area contributed by atoms with E-state index < -0.39 is 23.2 Å². The first-order chi connectivity index (χ1) is 8.89. The summed E-state index contributed by atoms with van der Waals surface area (Å²) in [6.45, 7) is 3.68. The summed E-state index contributed by atoms with van der Waals surface area (Å²) in [5, 5.41) is 5.67. The quantitative estimate of drug-likeness (QED) is 0.924. The maximum absolute atomic E-state index is 10.8. The van der Waals surface area contributed by atoms with Gasteiger partial charge in [-0.05, 0) is 19.9 Å². The average molecular weight is 306 g/mol. The first kappa shape index (κ1) is 14.9. The molecule has 0 aromatic heterocycles. The Kier molecular flexibility index (Phi) is 4.60. The smallest absolute Gasteiger partial charge is 0.231 e. The number of hydrogen-bond acceptors (Lipinski definition) is 4. The van der Waals surface area contributed by atoms with Crippen LogP contribution in [0.4, 0.5) is 0 Å². The molecule has 0 amide bonds. The van der Waals surface area contributed by atoms with E-state index in [9.17, 15) is 4.21 Å². The van der Waals surface area contributed by atoms with Gasteiger partial charge in [0.1, 0.15) is 12.2 Å². The van der Waals surface area contributed by atoms with Gasteiger partial charge in [0.2, 0.25) is 11.3 Å². The van der Waals surface area contributed by atoms with Gasteiger partial charge < -0.3 is 9.47 Å². The molecular formula is C12H16ClNO4S. The van der Waals surface area contributed by atoms with Gasteiger partial charge in [-0.3, -0.25) is 4.18 Å². The molecule has 5 nitrogen and oxygen atoms in total. The molecule has 0 bridgehead atoms. The normalized spacial score (nSPS) is 27.4. The van der Waals surface area contributed by atoms with E-state index in [1.807, 2.05) is 18.2 Å². The lowest BCUT2D eigenvalue weighted by Gasteiger charge is -2.17. The monoisotopic (exact) mass is 305 g/mol. The number of rotatable bonds is 4. The van der Waals surface area contributed by atoms with Crippen LogP contribution in [-0.4, -0.2) is 22.7 Å². The molecule has 0 saturated carbocycles. The average Bonchev–Trinajstić information content (AvgIpc) is 2.62. The van der Waals surface area contributed by atoms with Crippen LogP contribution in [0.1, 0.15) is 25.5 Å². The van der Waals surface area contributed by atoms with E-state index in [2.05, 4.69) is 0 Å². The molecule has 0 aliphatic carbocycles. The topological polar surface area (TPSA) is 70.8 Å². The second-order valence-corrected chi connectivity index (χ2v) is 5.82. The fourth-order valence-corrected chi connectivity index (χ4v) is 2.57. The van der Waals surface area contributed by atoms with Gasteiger partial charge >= 0.3 is 0 Å². The number of hydrogen-bond donors (Lipinski definition) is 1. The fourth-order valence-electron chi connectivity index (χ4n) is 2.06. The lowest BCUT2D eigenvalue weighted by atomic mass is 10.1. The number of ether oxygens (including phenoxy) is 2. The first-order valence-corrected chi connectivity index (χ1v) is 7.30. The standard InChI is InChI=1S/C12H16ClNO4S/c1-12(2)17-10(7-16-19(14)15)11(18-12)8-5-3-4-6-9(8)13/h3-6,10-11H,7,14H2,1-2H3. The first-order valence-electron chi connectivity index (χ1n) is 5.78. The van der Waals surface area contributed by atoms with Crippen LogP contribution < -0.4 is 5.14 Å². The van der Waals surface area contributed by atoms with Crippen molar-refractivity contribution in [3.63, 3.8) is 0 Å². The van der Waals surface area contributed by atoms with Crippen molar-refractivity contribution in [2.75, 3.05) is 6.61 Å². The highest BCUT2D eigenvalue weighted by Crippen LogP contribution is 2.40. The minimum Gasteiger partial charge on any atom is -0.342 e. The third-order valence-electron chi connectivity index (χ3n) is 2.74. The zero-order valence-electron chi connectivity index (χ0n) is 10.7. The van der Waals surface area contributed by atoms with Gasteiger partial charge in [0.25, 0.3) is 0 Å². The van der Waals surface area contributed by atoms with Gasteiger partial charge in [0.05, 0.1) is 6.61 Å². The van der Waals surface area contributed by atoms with Crippen molar-refractivity contribution in [1.29, 1.82) is 0 Å². The summed E-state index contributed by atoms with van der Waals surface area (Å²) in [7, 11) is 0. The van der Waals surface area contributed by atoms with Crippen molar-refractivity contribution in [2.45, 2.75) is 31.8 Å². The Morgan fingerprint density at radius 1 is 1.42 bits per heavy atom. The Morgan fingerprint density at radius 3 is 2.74 bits per heavy atom. The van der Waals surface area contributed by atoms with Crippen molar-refractivity contribution < 1.29 is 17.9 Å². The van der Waals surface area contributed by atoms with E-state index in [1.54, 1.807) is 19.9 Å². The lowest BCUT2D eigenvalue weighted by molar-refractivity contribution is -0.148. The molecular weight excluding hydrogens is 290 g/mol. The molecule has 3 unspecified atom stereocenters. The maximum atomic E-state index is 10.8. The summed E-state index contributed by atoms with van der Waals surface area (Å²) in [6.07, 6.45) is -0.797. The summed E-state index contributed by atoms with van der Waals surface area (Å²) < 4.78 is 27.3. The predicted molar refractivity (Wildman–Crippen MR) is 72.5 cm³/mol. The fraction of sp³-hybridized carbons (Fsp3) is 0.500. The molecule has 2 N–H and O–H groups in total. The maximum Gasteiger partial charge on any atom is 0.231 e. The molecule has 1 aliphatic heterocycles. The van der Waals surface area contributed by atoms with Crippen LogP contribution in [0.3, 0.4) is 0 Å². The Bertz CT molecular complexity index is 483. The highest BCUT2D eigenvalue weighted by atomic mass is 35.5. The van der Waals surface area contributed by atoms with Crippen molar-refractivity contribution in [1.82, 2.24) is 0 Å². The number of nitrogens with two attached hydrogens (primary N) is 1. The number of benzene rings is 1. The zero-order chi connectivity index (χ0) is 14.0. The summed E-state index contributed by atoms with van der Waals surface area (Å²) in [4.78, 5) is 0. The van der Waals surface area contributed by atoms with E-state index in [-0.39, 0.29) is 12.7 Å². The van der Waals surface area contributed by atoms with Crippen LogP contribution >= 0.6 is 11.6 Å². The van der Waals surface area contributed by atoms with Crippen LogP contribution in [0.5, 0.6) is 0 Å². The van der Waals surface area contributed by atoms with E-state index in [1.165, 1.54) is 0 Å². The third kappa shape index (κ3) is 3.75. The van der Waals surface area contributed by atoms with Crippen LogP contribution in [0.2, 0.25) is 5.02 Å². The molecule has 1 heterocycles. The molecule has 3 atom stereocenters. The molecule has 1 fully saturated rings. The second kappa shape index (κ2) is 5.87. The summed E-state index contributed by atoms with van der Waals surface area (Å²) in [5.41, 5.74) is 0.811. The van der Waals surface area contributed by atoms with E-state index in [4.69, 9.17) is 30.4 Å². The van der Waals surface area contributed by atoms with Crippen molar-refractivity contribution in [2.24, 2.45) is 5.14 Å². The molecule has 1 aliphatic rings. The van der Waals surface area contributed by atoms with E-state index in [0.29, 0.717) is 5.02 Å².